The van der Waals surface area contributed by atoms with Crippen molar-refractivity contribution in [2.75, 3.05) is 23.9 Å². The van der Waals surface area contributed by atoms with Crippen LogP contribution < -0.4 is 15.5 Å². The summed E-state index contributed by atoms with van der Waals surface area (Å²) in [5, 5.41) is 7.06. The Labute approximate surface area is 211 Å². The van der Waals surface area contributed by atoms with E-state index in [4.69, 9.17) is 17.0 Å². The number of hydrogen-bond acceptors (Lipinski definition) is 4. The Balaban J connectivity index is 1.51. The van der Waals surface area contributed by atoms with E-state index in [1.54, 1.807) is 0 Å². The van der Waals surface area contributed by atoms with Gasteiger partial charge in [-0.15, -0.1) is 0 Å². The van der Waals surface area contributed by atoms with Gasteiger partial charge in [-0.3, -0.25) is 9.78 Å². The second kappa shape index (κ2) is 10.6. The zero-order valence-corrected chi connectivity index (χ0v) is 20.7. The number of carbonyl (C=O) groups is 1. The third-order valence-electron chi connectivity index (χ3n) is 6.89. The van der Waals surface area contributed by atoms with Gasteiger partial charge in [-0.05, 0) is 73.6 Å². The van der Waals surface area contributed by atoms with Crippen molar-refractivity contribution in [1.29, 1.82) is 0 Å². The SMILES string of the molecule is COCC(=O)Nc1ccc(N2C(=S)N[C@@H](c3ccccn3)[C@@H]2c2cccn2C2CCCCC2)cc1. The van der Waals surface area contributed by atoms with Gasteiger partial charge >= 0.3 is 0 Å². The molecule has 0 radical (unpaired) electrons. The van der Waals surface area contributed by atoms with Crippen LogP contribution >= 0.6 is 12.2 Å². The average molecular weight is 490 g/mol. The molecular formula is C27H31N5O2S. The lowest BCUT2D eigenvalue weighted by atomic mass is 9.94. The molecule has 1 saturated heterocycles. The number of pyridine rings is 1. The number of aromatic nitrogens is 2. The van der Waals surface area contributed by atoms with Gasteiger partial charge in [0.1, 0.15) is 12.6 Å². The van der Waals surface area contributed by atoms with Crippen molar-refractivity contribution in [3.05, 3.63) is 78.4 Å². The molecular weight excluding hydrogens is 458 g/mol. The summed E-state index contributed by atoms with van der Waals surface area (Å²) in [6, 6.07) is 18.5. The van der Waals surface area contributed by atoms with Gasteiger partial charge in [-0.1, -0.05) is 25.3 Å². The van der Waals surface area contributed by atoms with Gasteiger partial charge in [0.15, 0.2) is 5.11 Å². The third kappa shape index (κ3) is 4.94. The Hall–Kier alpha value is -3.23. The number of anilines is 2. The zero-order valence-electron chi connectivity index (χ0n) is 19.9. The summed E-state index contributed by atoms with van der Waals surface area (Å²) in [5.41, 5.74) is 3.88. The topological polar surface area (TPSA) is 71.4 Å². The Morgan fingerprint density at radius 2 is 1.91 bits per heavy atom. The van der Waals surface area contributed by atoms with E-state index in [0.717, 1.165) is 17.1 Å². The highest BCUT2D eigenvalue weighted by atomic mass is 32.1. The number of nitrogens with zero attached hydrogens (tertiary/aromatic N) is 3. The molecule has 3 heterocycles. The van der Waals surface area contributed by atoms with Gasteiger partial charge in [-0.25, -0.2) is 0 Å². The molecule has 2 atom stereocenters. The van der Waals surface area contributed by atoms with Crippen molar-refractivity contribution in [3.8, 4) is 0 Å². The zero-order chi connectivity index (χ0) is 24.2. The number of hydrogen-bond donors (Lipinski definition) is 2. The second-order valence-corrected chi connectivity index (χ2v) is 9.54. The highest BCUT2D eigenvalue weighted by molar-refractivity contribution is 7.80. The minimum atomic E-state index is -0.183. The quantitative estimate of drug-likeness (QED) is 0.447. The second-order valence-electron chi connectivity index (χ2n) is 9.16. The van der Waals surface area contributed by atoms with Crippen LogP contribution in [0.1, 0.15) is 61.6 Å². The van der Waals surface area contributed by atoms with Gasteiger partial charge in [0.25, 0.3) is 0 Å². The molecule has 2 aromatic heterocycles. The highest BCUT2D eigenvalue weighted by Gasteiger charge is 2.42. The van der Waals surface area contributed by atoms with E-state index in [1.165, 1.54) is 44.9 Å². The maximum atomic E-state index is 11.9. The van der Waals surface area contributed by atoms with Crippen LogP contribution in [0.25, 0.3) is 0 Å². The summed E-state index contributed by atoms with van der Waals surface area (Å²) in [6.07, 6.45) is 10.3. The normalized spacial score (nSPS) is 20.6. The van der Waals surface area contributed by atoms with Crippen LogP contribution in [0.3, 0.4) is 0 Å². The number of thiocarbonyl (C=S) groups is 1. The molecule has 1 aliphatic heterocycles. The predicted molar refractivity (Wildman–Crippen MR) is 141 cm³/mol. The lowest BCUT2D eigenvalue weighted by molar-refractivity contribution is -0.119. The number of methoxy groups -OCH3 is 1. The number of benzene rings is 1. The number of carbonyl (C=O) groups excluding carboxylic acids is 1. The van der Waals surface area contributed by atoms with E-state index in [2.05, 4.69) is 49.5 Å². The van der Waals surface area contributed by atoms with Crippen LogP contribution in [-0.4, -0.2) is 34.3 Å². The molecule has 5 rings (SSSR count). The first-order chi connectivity index (χ1) is 17.2. The summed E-state index contributed by atoms with van der Waals surface area (Å²) >= 11 is 5.88. The van der Waals surface area contributed by atoms with Gasteiger partial charge in [-0.2, -0.15) is 0 Å². The van der Waals surface area contributed by atoms with Gasteiger partial charge in [0.2, 0.25) is 5.91 Å². The number of amides is 1. The maximum absolute atomic E-state index is 11.9. The van der Waals surface area contributed by atoms with E-state index in [-0.39, 0.29) is 24.6 Å². The molecule has 8 heteroatoms. The standard InChI is InChI=1S/C27H31N5O2S/c1-34-18-24(33)29-19-12-14-21(15-13-19)32-26(25(30-27(32)35)22-10-5-6-16-28-22)23-11-7-17-31(23)20-8-3-2-4-9-20/h5-7,10-17,20,25-26H,2-4,8-9,18H2,1H3,(H,29,33)(H,30,35)/t25-,26-/m0/s1. The summed E-state index contributed by atoms with van der Waals surface area (Å²) in [4.78, 5) is 18.8. The van der Waals surface area contributed by atoms with E-state index < -0.39 is 0 Å². The summed E-state index contributed by atoms with van der Waals surface area (Å²) < 4.78 is 7.37. The fourth-order valence-electron chi connectivity index (χ4n) is 5.32. The Morgan fingerprint density at radius 1 is 1.11 bits per heavy atom. The Morgan fingerprint density at radius 3 is 2.63 bits per heavy atom. The molecule has 1 aliphatic carbocycles. The van der Waals surface area contributed by atoms with E-state index in [0.29, 0.717) is 11.2 Å². The maximum Gasteiger partial charge on any atom is 0.250 e. The predicted octanol–water partition coefficient (Wildman–Crippen LogP) is 5.15. The minimum Gasteiger partial charge on any atom is -0.375 e. The van der Waals surface area contributed by atoms with Crippen molar-refractivity contribution < 1.29 is 9.53 Å². The van der Waals surface area contributed by atoms with Crippen molar-refractivity contribution in [3.63, 3.8) is 0 Å². The van der Waals surface area contributed by atoms with Crippen molar-refractivity contribution in [2.45, 2.75) is 50.2 Å². The molecule has 2 aliphatic rings. The third-order valence-corrected chi connectivity index (χ3v) is 7.20. The van der Waals surface area contributed by atoms with Crippen LogP contribution in [0.15, 0.2) is 67.0 Å². The van der Waals surface area contributed by atoms with E-state index in [9.17, 15) is 4.79 Å². The molecule has 1 amide bonds. The molecule has 35 heavy (non-hydrogen) atoms. The van der Waals surface area contributed by atoms with Crippen LogP contribution in [0, 0.1) is 0 Å². The number of ether oxygens (including phenoxy) is 1. The van der Waals surface area contributed by atoms with Crippen molar-refractivity contribution in [1.82, 2.24) is 14.9 Å². The average Bonchev–Trinajstić information content (AvgIpc) is 3.50. The molecule has 182 valence electrons. The fourth-order valence-corrected chi connectivity index (χ4v) is 5.66. The number of rotatable bonds is 7. The van der Waals surface area contributed by atoms with E-state index in [1.807, 2.05) is 42.6 Å². The Bertz CT molecular complexity index is 1160. The first kappa shape index (κ1) is 23.5. The monoisotopic (exact) mass is 489 g/mol. The van der Waals surface area contributed by atoms with Crippen LogP contribution in [0.5, 0.6) is 0 Å². The van der Waals surface area contributed by atoms with E-state index >= 15 is 0 Å². The van der Waals surface area contributed by atoms with Crippen LogP contribution in [0.2, 0.25) is 0 Å². The number of nitrogens with one attached hydrogen (secondary N) is 2. The lowest BCUT2D eigenvalue weighted by Gasteiger charge is -2.32. The van der Waals surface area contributed by atoms with Crippen LogP contribution in [-0.2, 0) is 9.53 Å². The fraction of sp³-hybridized carbons (Fsp3) is 0.370. The largest absolute Gasteiger partial charge is 0.375 e. The molecule has 0 unspecified atom stereocenters. The Kier molecular flexibility index (Phi) is 7.11. The first-order valence-corrected chi connectivity index (χ1v) is 12.6. The van der Waals surface area contributed by atoms with Gasteiger partial charge in [0, 0.05) is 42.6 Å². The molecule has 2 fully saturated rings. The smallest absolute Gasteiger partial charge is 0.250 e. The first-order valence-electron chi connectivity index (χ1n) is 12.2. The molecule has 1 saturated carbocycles. The van der Waals surface area contributed by atoms with Gasteiger partial charge in [0.05, 0.1) is 11.7 Å². The highest BCUT2D eigenvalue weighted by Crippen LogP contribution is 2.43. The molecule has 0 spiro atoms. The summed E-state index contributed by atoms with van der Waals surface area (Å²) in [6.45, 7) is 0.0217. The summed E-state index contributed by atoms with van der Waals surface area (Å²) in [5.74, 6) is -0.183. The molecule has 2 N–H and O–H groups in total. The summed E-state index contributed by atoms with van der Waals surface area (Å²) in [7, 11) is 1.51. The minimum absolute atomic E-state index is 0.0217. The lowest BCUT2D eigenvalue weighted by Crippen LogP contribution is -2.31. The molecule has 3 aromatic rings. The molecule has 0 bridgehead atoms. The van der Waals surface area contributed by atoms with Gasteiger partial charge < -0.3 is 24.8 Å². The molecule has 1 aromatic carbocycles. The molecule has 7 nitrogen and oxygen atoms in total. The van der Waals surface area contributed by atoms with Crippen LogP contribution in [0.4, 0.5) is 11.4 Å². The van der Waals surface area contributed by atoms with Crippen molar-refractivity contribution >= 4 is 34.6 Å². The van der Waals surface area contributed by atoms with Crippen molar-refractivity contribution in [2.24, 2.45) is 0 Å².